The average molecular weight is 593 g/mol. The second-order valence-corrected chi connectivity index (χ2v) is 10.4. The molecule has 2 aromatic rings. The quantitative estimate of drug-likeness (QED) is 0.141. The van der Waals surface area contributed by atoms with Crippen LogP contribution >= 0.6 is 0 Å². The first-order valence-corrected chi connectivity index (χ1v) is 14.8. The number of para-hydroxylation sites is 2. The molecule has 43 heavy (non-hydrogen) atoms. The second kappa shape index (κ2) is 17.9. The Labute approximate surface area is 254 Å². The van der Waals surface area contributed by atoms with Crippen molar-refractivity contribution in [3.05, 3.63) is 84.1 Å². The van der Waals surface area contributed by atoms with Crippen LogP contribution in [0, 0.1) is 5.92 Å². The number of rotatable bonds is 18. The number of benzene rings is 2. The van der Waals surface area contributed by atoms with Crippen LogP contribution < -0.4 is 14.8 Å². The molecule has 3 unspecified atom stereocenters. The Morgan fingerprint density at radius 3 is 2.49 bits per heavy atom. The molecule has 9 nitrogen and oxygen atoms in total. The summed E-state index contributed by atoms with van der Waals surface area (Å²) in [5.74, 6) is -1.15. The molecule has 0 radical (unpaired) electrons. The molecule has 0 bridgehead atoms. The Morgan fingerprint density at radius 1 is 1.02 bits per heavy atom. The summed E-state index contributed by atoms with van der Waals surface area (Å²) in [5.41, 5.74) is 2.09. The van der Waals surface area contributed by atoms with Crippen LogP contribution in [-0.4, -0.2) is 68.9 Å². The number of aliphatic hydroxyl groups excluding tert-OH is 1. The van der Waals surface area contributed by atoms with Crippen molar-refractivity contribution in [1.29, 1.82) is 0 Å². The summed E-state index contributed by atoms with van der Waals surface area (Å²) in [6.45, 7) is 9.23. The van der Waals surface area contributed by atoms with E-state index in [0.29, 0.717) is 41.3 Å². The zero-order chi connectivity index (χ0) is 31.0. The van der Waals surface area contributed by atoms with Gasteiger partial charge in [-0.05, 0) is 51.4 Å². The van der Waals surface area contributed by atoms with Crippen LogP contribution in [0.2, 0.25) is 0 Å². The number of aliphatic imine (C=N–C) groups is 1. The van der Waals surface area contributed by atoms with Crippen LogP contribution in [-0.2, 0) is 19.1 Å². The first kappa shape index (κ1) is 33.6. The third kappa shape index (κ3) is 10.1. The zero-order valence-electron chi connectivity index (χ0n) is 25.4. The molecule has 232 valence electrons. The van der Waals surface area contributed by atoms with E-state index in [-0.39, 0.29) is 19.8 Å². The number of ether oxygens (including phenoxy) is 4. The molecule has 3 rings (SSSR count). The van der Waals surface area contributed by atoms with E-state index in [1.807, 2.05) is 48.5 Å². The number of allylic oxidation sites excluding steroid dienone is 1. The first-order chi connectivity index (χ1) is 20.9. The van der Waals surface area contributed by atoms with E-state index in [4.69, 9.17) is 18.9 Å². The van der Waals surface area contributed by atoms with Crippen LogP contribution in [0.1, 0.15) is 51.0 Å². The topological polar surface area (TPSA) is 116 Å². The van der Waals surface area contributed by atoms with Gasteiger partial charge < -0.3 is 29.4 Å². The predicted molar refractivity (Wildman–Crippen MR) is 166 cm³/mol. The molecule has 9 heteroatoms. The van der Waals surface area contributed by atoms with Crippen molar-refractivity contribution in [3.8, 4) is 11.5 Å². The molecule has 1 aliphatic heterocycles. The van der Waals surface area contributed by atoms with E-state index in [9.17, 15) is 14.7 Å². The molecule has 2 aromatic carbocycles. The van der Waals surface area contributed by atoms with E-state index in [2.05, 4.69) is 16.9 Å². The second-order valence-electron chi connectivity index (χ2n) is 10.4. The molecule has 2 N–H and O–H groups in total. The number of hydrogen-bond acceptors (Lipinski definition) is 9. The largest absolute Gasteiger partial charge is 0.491 e. The van der Waals surface area contributed by atoms with Crippen LogP contribution in [0.15, 0.2) is 83.5 Å². The van der Waals surface area contributed by atoms with Gasteiger partial charge in [0.25, 0.3) is 0 Å². The Kier molecular flexibility index (Phi) is 14.0. The van der Waals surface area contributed by atoms with E-state index in [0.717, 1.165) is 31.6 Å². The number of unbranched alkanes of at least 4 members (excludes halogenated alkanes) is 3. The summed E-state index contributed by atoms with van der Waals surface area (Å²) in [6, 6.07) is 16.8. The number of carbonyl (C=O) groups is 2. The Hall–Kier alpha value is -3.95. The summed E-state index contributed by atoms with van der Waals surface area (Å²) in [7, 11) is 1.33. The van der Waals surface area contributed by atoms with Gasteiger partial charge in [-0.25, -0.2) is 4.79 Å². The number of nitrogens with zero attached hydrogens (tertiary/aromatic N) is 1. The van der Waals surface area contributed by atoms with Crippen LogP contribution in [0.5, 0.6) is 11.5 Å². The van der Waals surface area contributed by atoms with E-state index in [1.54, 1.807) is 26.0 Å². The number of carbonyl (C=O) groups excluding carboxylic acids is 2. The summed E-state index contributed by atoms with van der Waals surface area (Å²) in [5, 5.41) is 13.3. The summed E-state index contributed by atoms with van der Waals surface area (Å²) >= 11 is 0. The molecule has 0 aromatic heterocycles. The van der Waals surface area contributed by atoms with Gasteiger partial charge in [0.1, 0.15) is 36.7 Å². The van der Waals surface area contributed by atoms with Gasteiger partial charge in [0, 0.05) is 29.4 Å². The lowest BCUT2D eigenvalue weighted by Crippen LogP contribution is -2.36. The van der Waals surface area contributed by atoms with Gasteiger partial charge in [-0.2, -0.15) is 0 Å². The Morgan fingerprint density at radius 2 is 1.74 bits per heavy atom. The van der Waals surface area contributed by atoms with Crippen LogP contribution in [0.4, 0.5) is 0 Å². The molecule has 0 aliphatic carbocycles. The average Bonchev–Trinajstić information content (AvgIpc) is 3.01. The Bertz CT molecular complexity index is 1260. The highest BCUT2D eigenvalue weighted by atomic mass is 16.5. The fourth-order valence-corrected chi connectivity index (χ4v) is 5.07. The first-order valence-electron chi connectivity index (χ1n) is 14.8. The predicted octanol–water partition coefficient (Wildman–Crippen LogP) is 5.01. The lowest BCUT2D eigenvalue weighted by atomic mass is 9.75. The van der Waals surface area contributed by atoms with Crippen molar-refractivity contribution < 1.29 is 33.6 Å². The zero-order valence-corrected chi connectivity index (χ0v) is 25.4. The van der Waals surface area contributed by atoms with Crippen LogP contribution in [0.3, 0.4) is 0 Å². The van der Waals surface area contributed by atoms with Crippen molar-refractivity contribution >= 4 is 17.7 Å². The maximum atomic E-state index is 13.5. The molecule has 0 amide bonds. The number of nitrogens with one attached hydrogen (secondary N) is 1. The van der Waals surface area contributed by atoms with Gasteiger partial charge in [-0.15, -0.1) is 0 Å². The van der Waals surface area contributed by atoms with E-state index >= 15 is 0 Å². The SMILES string of the molecule is C=CCOc1ccccc1C1C(C(=O)OCCCCCCNCC(O)COc2ccccc2)=C(C)N=C(C)C1C(=O)OC. The van der Waals surface area contributed by atoms with Gasteiger partial charge >= 0.3 is 11.9 Å². The monoisotopic (exact) mass is 592 g/mol. The van der Waals surface area contributed by atoms with Gasteiger partial charge in [-0.3, -0.25) is 9.79 Å². The fourth-order valence-electron chi connectivity index (χ4n) is 5.07. The highest BCUT2D eigenvalue weighted by Gasteiger charge is 2.43. The maximum absolute atomic E-state index is 13.5. The number of aliphatic hydroxyl groups is 1. The van der Waals surface area contributed by atoms with Gasteiger partial charge in [-0.1, -0.05) is 61.9 Å². The highest BCUT2D eigenvalue weighted by molar-refractivity contribution is 6.07. The van der Waals surface area contributed by atoms with Gasteiger partial charge in [0.05, 0.1) is 19.3 Å². The van der Waals surface area contributed by atoms with Crippen LogP contribution in [0.25, 0.3) is 0 Å². The van der Waals surface area contributed by atoms with Crippen molar-refractivity contribution in [1.82, 2.24) is 5.32 Å². The molecular weight excluding hydrogens is 548 g/mol. The van der Waals surface area contributed by atoms with Gasteiger partial charge in [0.15, 0.2) is 0 Å². The van der Waals surface area contributed by atoms with Crippen molar-refractivity contribution in [2.75, 3.05) is 40.0 Å². The number of methoxy groups -OCH3 is 1. The third-order valence-electron chi connectivity index (χ3n) is 7.16. The van der Waals surface area contributed by atoms with Crippen molar-refractivity contribution in [3.63, 3.8) is 0 Å². The maximum Gasteiger partial charge on any atom is 0.336 e. The standard InChI is InChI=1S/C34H44N2O7/c1-5-20-41-29-18-12-11-17-28(29)32-30(33(38)40-4)24(2)36-25(3)31(32)34(39)42-21-14-7-6-13-19-35-22-26(37)23-43-27-15-9-8-10-16-27/h5,8-12,15-18,26,30,32,35,37H,1,6-7,13-14,19-23H2,2-4H3. The number of hydrogen-bond donors (Lipinski definition) is 2. The molecule has 0 saturated heterocycles. The van der Waals surface area contributed by atoms with E-state index < -0.39 is 29.9 Å². The lowest BCUT2D eigenvalue weighted by molar-refractivity contribution is -0.144. The van der Waals surface area contributed by atoms with E-state index in [1.165, 1.54) is 7.11 Å². The number of esters is 2. The smallest absolute Gasteiger partial charge is 0.336 e. The molecule has 1 heterocycles. The molecular formula is C34H44N2O7. The van der Waals surface area contributed by atoms with Crippen molar-refractivity contribution in [2.45, 2.75) is 51.6 Å². The molecule has 0 saturated carbocycles. The highest BCUT2D eigenvalue weighted by Crippen LogP contribution is 2.43. The summed E-state index contributed by atoms with van der Waals surface area (Å²) < 4.78 is 22.3. The molecule has 3 atom stereocenters. The molecule has 0 spiro atoms. The minimum atomic E-state index is -0.791. The summed E-state index contributed by atoms with van der Waals surface area (Å²) in [6.07, 6.45) is 4.53. The van der Waals surface area contributed by atoms with Gasteiger partial charge in [0.2, 0.25) is 0 Å². The minimum Gasteiger partial charge on any atom is -0.491 e. The van der Waals surface area contributed by atoms with Crippen molar-refractivity contribution in [2.24, 2.45) is 10.9 Å². The fraction of sp³-hybridized carbons (Fsp3) is 0.441. The minimum absolute atomic E-state index is 0.234. The summed E-state index contributed by atoms with van der Waals surface area (Å²) in [4.78, 5) is 30.9. The molecule has 1 aliphatic rings. The molecule has 0 fully saturated rings. The lowest BCUT2D eigenvalue weighted by Gasteiger charge is -2.32. The Balaban J connectivity index is 1.49. The third-order valence-corrected chi connectivity index (χ3v) is 7.16. The normalized spacial score (nSPS) is 17.1.